The van der Waals surface area contributed by atoms with E-state index < -0.39 is 6.04 Å². The van der Waals surface area contributed by atoms with Gasteiger partial charge in [-0.25, -0.2) is 4.39 Å². The molecule has 38 heavy (non-hydrogen) atoms. The average Bonchev–Trinajstić information content (AvgIpc) is 3.42. The van der Waals surface area contributed by atoms with Gasteiger partial charge in [0.15, 0.2) is 0 Å². The summed E-state index contributed by atoms with van der Waals surface area (Å²) < 4.78 is 14.3. The van der Waals surface area contributed by atoms with Crippen molar-refractivity contribution in [2.45, 2.75) is 63.4 Å². The SMILES string of the molecule is Cc1ccccc1CN(C(=O)CSCc1c(F)cccc1Cl)C(Cc1ccccc1)C(=O)NC1CCCC1. The first-order chi connectivity index (χ1) is 18.4. The van der Waals surface area contributed by atoms with E-state index in [1.807, 2.05) is 61.5 Å². The molecule has 0 aromatic heterocycles. The number of nitrogens with one attached hydrogen (secondary N) is 1. The fourth-order valence-electron chi connectivity index (χ4n) is 4.89. The Morgan fingerprint density at radius 1 is 1.03 bits per heavy atom. The molecule has 0 aliphatic heterocycles. The number of hydrogen-bond acceptors (Lipinski definition) is 3. The second-order valence-corrected chi connectivity index (χ2v) is 11.2. The van der Waals surface area contributed by atoms with Gasteiger partial charge in [0.2, 0.25) is 11.8 Å². The van der Waals surface area contributed by atoms with Gasteiger partial charge in [0.05, 0.1) is 5.75 Å². The molecule has 0 spiro atoms. The lowest BCUT2D eigenvalue weighted by molar-refractivity contribution is -0.139. The third kappa shape index (κ3) is 7.61. The molecule has 4 nitrogen and oxygen atoms in total. The maximum atomic E-state index is 14.3. The van der Waals surface area contributed by atoms with Gasteiger partial charge >= 0.3 is 0 Å². The molecule has 4 rings (SSSR count). The fraction of sp³-hybridized carbons (Fsp3) is 0.355. The average molecular weight is 553 g/mol. The summed E-state index contributed by atoms with van der Waals surface area (Å²) in [5.74, 6) is -0.281. The van der Waals surface area contributed by atoms with Crippen molar-refractivity contribution in [3.8, 4) is 0 Å². The van der Waals surface area contributed by atoms with Crippen molar-refractivity contribution in [2.24, 2.45) is 0 Å². The van der Waals surface area contributed by atoms with E-state index in [2.05, 4.69) is 5.32 Å². The van der Waals surface area contributed by atoms with Crippen LogP contribution < -0.4 is 5.32 Å². The second-order valence-electron chi connectivity index (χ2n) is 9.84. The van der Waals surface area contributed by atoms with Crippen molar-refractivity contribution in [2.75, 3.05) is 5.75 Å². The number of nitrogens with zero attached hydrogens (tertiary/aromatic N) is 1. The summed E-state index contributed by atoms with van der Waals surface area (Å²) in [4.78, 5) is 29.2. The lowest BCUT2D eigenvalue weighted by Crippen LogP contribution is -2.52. The third-order valence-corrected chi connectivity index (χ3v) is 8.41. The summed E-state index contributed by atoms with van der Waals surface area (Å²) in [6, 6.07) is 21.8. The third-order valence-electron chi connectivity index (χ3n) is 7.11. The first kappa shape index (κ1) is 28.2. The first-order valence-corrected chi connectivity index (χ1v) is 14.6. The molecule has 1 unspecified atom stereocenters. The zero-order chi connectivity index (χ0) is 26.9. The number of benzene rings is 3. The maximum Gasteiger partial charge on any atom is 0.243 e. The van der Waals surface area contributed by atoms with Crippen LogP contribution in [-0.4, -0.2) is 34.6 Å². The van der Waals surface area contributed by atoms with Crippen LogP contribution >= 0.6 is 23.4 Å². The predicted molar refractivity (Wildman–Crippen MR) is 154 cm³/mol. The van der Waals surface area contributed by atoms with Gasteiger partial charge in [-0.05, 0) is 48.6 Å². The molecule has 200 valence electrons. The molecule has 1 fully saturated rings. The standard InChI is InChI=1S/C31H34ClFN2O2S/c1-22-10-5-6-13-24(22)19-35(30(36)21-38-20-26-27(32)16-9-17-28(26)33)29(18-23-11-3-2-4-12-23)31(37)34-25-14-7-8-15-25/h2-6,9-13,16-17,25,29H,7-8,14-15,18-21H2,1H3,(H,34,37). The minimum absolute atomic E-state index is 0.110. The van der Waals surface area contributed by atoms with Crippen LogP contribution in [0.1, 0.15) is 47.9 Å². The monoisotopic (exact) mass is 552 g/mol. The lowest BCUT2D eigenvalue weighted by atomic mass is 10.0. The molecule has 0 radical (unpaired) electrons. The van der Waals surface area contributed by atoms with E-state index in [9.17, 15) is 14.0 Å². The highest BCUT2D eigenvalue weighted by Gasteiger charge is 2.32. The van der Waals surface area contributed by atoms with E-state index in [-0.39, 0.29) is 35.2 Å². The van der Waals surface area contributed by atoms with Crippen LogP contribution in [0.25, 0.3) is 0 Å². The van der Waals surface area contributed by atoms with E-state index in [1.165, 1.54) is 17.8 Å². The summed E-state index contributed by atoms with van der Waals surface area (Å²) in [7, 11) is 0. The zero-order valence-electron chi connectivity index (χ0n) is 21.7. The van der Waals surface area contributed by atoms with Crippen molar-refractivity contribution >= 4 is 35.2 Å². The van der Waals surface area contributed by atoms with Crippen molar-refractivity contribution in [1.29, 1.82) is 0 Å². The topological polar surface area (TPSA) is 49.4 Å². The van der Waals surface area contributed by atoms with E-state index >= 15 is 0 Å². The number of amides is 2. The Hall–Kier alpha value is -2.83. The fourth-order valence-corrected chi connectivity index (χ4v) is 6.14. The summed E-state index contributed by atoms with van der Waals surface area (Å²) in [5.41, 5.74) is 3.44. The quantitative estimate of drug-likeness (QED) is 0.287. The van der Waals surface area contributed by atoms with E-state index in [0.717, 1.165) is 42.4 Å². The normalized spacial score (nSPS) is 14.3. The van der Waals surface area contributed by atoms with Crippen LogP contribution in [0, 0.1) is 12.7 Å². The Morgan fingerprint density at radius 3 is 2.45 bits per heavy atom. The highest BCUT2D eigenvalue weighted by molar-refractivity contribution is 7.99. The highest BCUT2D eigenvalue weighted by Crippen LogP contribution is 2.25. The molecule has 1 aliphatic carbocycles. The highest BCUT2D eigenvalue weighted by atomic mass is 35.5. The molecular weight excluding hydrogens is 519 g/mol. The number of hydrogen-bond donors (Lipinski definition) is 1. The second kappa shape index (κ2) is 13.8. The maximum absolute atomic E-state index is 14.3. The number of rotatable bonds is 11. The molecule has 0 bridgehead atoms. The van der Waals surface area contributed by atoms with Crippen LogP contribution in [0.5, 0.6) is 0 Å². The van der Waals surface area contributed by atoms with E-state index in [1.54, 1.807) is 17.0 Å². The number of aryl methyl sites for hydroxylation is 1. The molecule has 1 aliphatic rings. The van der Waals surface area contributed by atoms with Gasteiger partial charge in [0, 0.05) is 35.3 Å². The number of carbonyl (C=O) groups excluding carboxylic acids is 2. The summed E-state index contributed by atoms with van der Waals surface area (Å²) in [5, 5.41) is 3.57. The smallest absolute Gasteiger partial charge is 0.243 e. The van der Waals surface area contributed by atoms with Crippen LogP contribution in [0.3, 0.4) is 0 Å². The van der Waals surface area contributed by atoms with Crippen molar-refractivity contribution in [3.63, 3.8) is 0 Å². The van der Waals surface area contributed by atoms with E-state index in [4.69, 9.17) is 11.6 Å². The van der Waals surface area contributed by atoms with Gasteiger partial charge < -0.3 is 10.2 Å². The molecular formula is C31H34ClFN2O2S. The molecule has 1 atom stereocenters. The molecule has 3 aromatic rings. The Balaban J connectivity index is 1.59. The van der Waals surface area contributed by atoms with Crippen LogP contribution in [0.15, 0.2) is 72.8 Å². The Kier molecular flexibility index (Phi) is 10.2. The van der Waals surface area contributed by atoms with Gasteiger partial charge in [-0.2, -0.15) is 0 Å². The van der Waals surface area contributed by atoms with Crippen molar-refractivity contribution in [1.82, 2.24) is 10.2 Å². The zero-order valence-corrected chi connectivity index (χ0v) is 23.2. The largest absolute Gasteiger partial charge is 0.352 e. The lowest BCUT2D eigenvalue weighted by Gasteiger charge is -2.32. The van der Waals surface area contributed by atoms with Gasteiger partial charge in [-0.15, -0.1) is 11.8 Å². The van der Waals surface area contributed by atoms with Crippen molar-refractivity contribution < 1.29 is 14.0 Å². The molecule has 7 heteroatoms. The summed E-state index contributed by atoms with van der Waals surface area (Å²) in [6.45, 7) is 2.33. The number of thioether (sulfide) groups is 1. The Bertz CT molecular complexity index is 1210. The van der Waals surface area contributed by atoms with Crippen LogP contribution in [0.4, 0.5) is 4.39 Å². The molecule has 0 heterocycles. The molecule has 3 aromatic carbocycles. The van der Waals surface area contributed by atoms with E-state index in [0.29, 0.717) is 23.6 Å². The minimum Gasteiger partial charge on any atom is -0.352 e. The van der Waals surface area contributed by atoms with Gasteiger partial charge in [0.25, 0.3) is 0 Å². The van der Waals surface area contributed by atoms with Gasteiger partial charge in [0.1, 0.15) is 11.9 Å². The van der Waals surface area contributed by atoms with Gasteiger partial charge in [-0.3, -0.25) is 9.59 Å². The molecule has 1 saturated carbocycles. The predicted octanol–water partition coefficient (Wildman–Crippen LogP) is 6.72. The minimum atomic E-state index is -0.664. The van der Waals surface area contributed by atoms with Crippen LogP contribution in [-0.2, 0) is 28.3 Å². The molecule has 2 amide bonds. The summed E-state index contributed by atoms with van der Waals surface area (Å²) >= 11 is 7.50. The molecule has 1 N–H and O–H groups in total. The first-order valence-electron chi connectivity index (χ1n) is 13.1. The Morgan fingerprint density at radius 2 is 1.74 bits per heavy atom. The number of halogens is 2. The number of carbonyl (C=O) groups is 2. The van der Waals surface area contributed by atoms with Crippen LogP contribution in [0.2, 0.25) is 5.02 Å². The van der Waals surface area contributed by atoms with Crippen molar-refractivity contribution in [3.05, 3.63) is 106 Å². The van der Waals surface area contributed by atoms with Gasteiger partial charge in [-0.1, -0.05) is 85.1 Å². The molecule has 0 saturated heterocycles. The summed E-state index contributed by atoms with van der Waals surface area (Å²) in [6.07, 6.45) is 4.56. The Labute approximate surface area is 234 Å².